The monoisotopic (exact) mass is 378 g/mol. The van der Waals surface area contributed by atoms with Gasteiger partial charge in [-0.15, -0.1) is 0 Å². The number of ketones is 1. The van der Waals surface area contributed by atoms with E-state index in [1.54, 1.807) is 6.07 Å². The fourth-order valence-corrected chi connectivity index (χ4v) is 3.11. The Balaban J connectivity index is 2.13. The summed E-state index contributed by atoms with van der Waals surface area (Å²) in [7, 11) is 0. The molecule has 2 aromatic rings. The number of carbonyl (C=O) groups is 2. The molecule has 0 aliphatic rings. The van der Waals surface area contributed by atoms with E-state index in [1.165, 1.54) is 12.1 Å². The molecule has 0 N–H and O–H groups in total. The zero-order valence-electron chi connectivity index (χ0n) is 14.9. The Morgan fingerprint density at radius 3 is 2.46 bits per heavy atom. The Morgan fingerprint density at radius 1 is 1.27 bits per heavy atom. The van der Waals surface area contributed by atoms with Gasteiger partial charge in [-0.1, -0.05) is 11.6 Å². The molecule has 0 atom stereocenters. The molecule has 0 saturated carbocycles. The molecule has 1 aromatic carbocycles. The third-order valence-electron chi connectivity index (χ3n) is 4.01. The molecule has 138 valence electrons. The number of aryl methyl sites for hydroxylation is 1. The molecular formula is C18H19ClN2O5. The quantitative estimate of drug-likeness (QED) is 0.323. The number of ether oxygens (including phenoxy) is 1. The Kier molecular flexibility index (Phi) is 5.82. The summed E-state index contributed by atoms with van der Waals surface area (Å²) in [4.78, 5) is 34.7. The summed E-state index contributed by atoms with van der Waals surface area (Å²) in [6.07, 6.45) is 0. The van der Waals surface area contributed by atoms with Crippen molar-refractivity contribution in [1.82, 2.24) is 4.57 Å². The van der Waals surface area contributed by atoms with Crippen LogP contribution in [0.5, 0.6) is 0 Å². The SMILES string of the molecule is Cc1cc(C(=O)COC(=O)c2ccc(Cl)c([N+](=O)[O-])c2)c(C)n1C(C)C. The lowest BCUT2D eigenvalue weighted by atomic mass is 10.1. The van der Waals surface area contributed by atoms with E-state index in [4.69, 9.17) is 16.3 Å². The summed E-state index contributed by atoms with van der Waals surface area (Å²) in [6, 6.07) is 5.55. The van der Waals surface area contributed by atoms with E-state index in [0.717, 1.165) is 17.5 Å². The van der Waals surface area contributed by atoms with Crippen molar-refractivity contribution in [3.63, 3.8) is 0 Å². The molecule has 0 amide bonds. The van der Waals surface area contributed by atoms with Crippen LogP contribution in [0.1, 0.15) is 52.0 Å². The average molecular weight is 379 g/mol. The number of nitro groups is 1. The average Bonchev–Trinajstić information content (AvgIpc) is 2.87. The van der Waals surface area contributed by atoms with Crippen LogP contribution in [0.15, 0.2) is 24.3 Å². The molecule has 0 spiro atoms. The summed E-state index contributed by atoms with van der Waals surface area (Å²) in [5.74, 6) is -1.16. The maximum atomic E-state index is 12.4. The van der Waals surface area contributed by atoms with Crippen LogP contribution in [0, 0.1) is 24.0 Å². The normalized spacial score (nSPS) is 10.8. The molecule has 0 saturated heterocycles. The molecule has 1 heterocycles. The molecule has 0 aliphatic carbocycles. The number of rotatable bonds is 6. The van der Waals surface area contributed by atoms with Crippen LogP contribution in [-0.4, -0.2) is 27.8 Å². The van der Waals surface area contributed by atoms with E-state index in [2.05, 4.69) is 0 Å². The van der Waals surface area contributed by atoms with E-state index >= 15 is 0 Å². The number of nitrogens with zero attached hydrogens (tertiary/aromatic N) is 2. The van der Waals surface area contributed by atoms with Gasteiger partial charge >= 0.3 is 5.97 Å². The second-order valence-electron chi connectivity index (χ2n) is 6.17. The minimum atomic E-state index is -0.823. The predicted octanol–water partition coefficient (Wildman–Crippen LogP) is 4.29. The van der Waals surface area contributed by atoms with Gasteiger partial charge in [0.25, 0.3) is 5.69 Å². The second-order valence-corrected chi connectivity index (χ2v) is 6.58. The van der Waals surface area contributed by atoms with Gasteiger partial charge in [0.1, 0.15) is 5.02 Å². The number of hydrogen-bond donors (Lipinski definition) is 0. The number of aromatic nitrogens is 1. The van der Waals surface area contributed by atoms with Crippen molar-refractivity contribution in [1.29, 1.82) is 0 Å². The number of hydrogen-bond acceptors (Lipinski definition) is 5. The van der Waals surface area contributed by atoms with E-state index in [9.17, 15) is 19.7 Å². The van der Waals surface area contributed by atoms with Gasteiger partial charge < -0.3 is 9.30 Å². The first-order valence-electron chi connectivity index (χ1n) is 7.96. The van der Waals surface area contributed by atoms with Gasteiger partial charge in [-0.25, -0.2) is 4.79 Å². The molecule has 0 aliphatic heterocycles. The third-order valence-corrected chi connectivity index (χ3v) is 4.33. The Bertz CT molecular complexity index is 886. The van der Waals surface area contributed by atoms with Crippen molar-refractivity contribution in [3.05, 3.63) is 61.9 Å². The molecule has 7 nitrogen and oxygen atoms in total. The van der Waals surface area contributed by atoms with Gasteiger partial charge in [0, 0.05) is 29.1 Å². The lowest BCUT2D eigenvalue weighted by Crippen LogP contribution is -2.15. The van der Waals surface area contributed by atoms with Crippen LogP contribution in [0.25, 0.3) is 0 Å². The van der Waals surface area contributed by atoms with Gasteiger partial charge in [-0.2, -0.15) is 0 Å². The van der Waals surface area contributed by atoms with E-state index < -0.39 is 23.2 Å². The summed E-state index contributed by atoms with van der Waals surface area (Å²) < 4.78 is 7.05. The van der Waals surface area contributed by atoms with Gasteiger partial charge in [0.15, 0.2) is 6.61 Å². The Morgan fingerprint density at radius 2 is 1.92 bits per heavy atom. The van der Waals surface area contributed by atoms with Gasteiger partial charge in [-0.3, -0.25) is 14.9 Å². The number of carbonyl (C=O) groups excluding carboxylic acids is 2. The highest BCUT2D eigenvalue weighted by molar-refractivity contribution is 6.32. The standard InChI is InChI=1S/C18H19ClN2O5/c1-10(2)20-11(3)7-14(12(20)4)17(22)9-26-18(23)13-5-6-15(19)16(8-13)21(24)25/h5-8,10H,9H2,1-4H3. The first kappa shape index (κ1) is 19.7. The molecular weight excluding hydrogens is 360 g/mol. The van der Waals surface area contributed by atoms with Crippen LogP contribution in [0.3, 0.4) is 0 Å². The number of benzene rings is 1. The Hall–Kier alpha value is -2.67. The molecule has 0 unspecified atom stereocenters. The molecule has 2 rings (SSSR count). The molecule has 26 heavy (non-hydrogen) atoms. The highest BCUT2D eigenvalue weighted by Crippen LogP contribution is 2.25. The van der Waals surface area contributed by atoms with E-state index in [0.29, 0.717) is 5.56 Å². The molecule has 0 radical (unpaired) electrons. The molecule has 0 fully saturated rings. The van der Waals surface area contributed by atoms with E-state index in [1.807, 2.05) is 32.3 Å². The topological polar surface area (TPSA) is 91.4 Å². The number of halogens is 1. The maximum absolute atomic E-state index is 12.4. The number of esters is 1. The van der Waals surface area contributed by atoms with Crippen molar-refractivity contribution in [2.24, 2.45) is 0 Å². The summed E-state index contributed by atoms with van der Waals surface area (Å²) in [5, 5.41) is 10.8. The van der Waals surface area contributed by atoms with Gasteiger partial charge in [-0.05, 0) is 45.9 Å². The van der Waals surface area contributed by atoms with Crippen molar-refractivity contribution >= 4 is 29.0 Å². The first-order valence-corrected chi connectivity index (χ1v) is 8.34. The second kappa shape index (κ2) is 7.70. The van der Waals surface area contributed by atoms with Crippen LogP contribution in [-0.2, 0) is 4.74 Å². The zero-order chi connectivity index (χ0) is 19.6. The largest absolute Gasteiger partial charge is 0.454 e. The first-order chi connectivity index (χ1) is 12.1. The van der Waals surface area contributed by atoms with Crippen molar-refractivity contribution in [3.8, 4) is 0 Å². The van der Waals surface area contributed by atoms with Crippen LogP contribution >= 0.6 is 11.6 Å². The smallest absolute Gasteiger partial charge is 0.338 e. The van der Waals surface area contributed by atoms with Crippen LogP contribution in [0.4, 0.5) is 5.69 Å². The highest BCUT2D eigenvalue weighted by Gasteiger charge is 2.20. The number of Topliss-reactive ketones (excluding diaryl/α,β-unsaturated/α-hetero) is 1. The minimum Gasteiger partial charge on any atom is -0.454 e. The van der Waals surface area contributed by atoms with Crippen molar-refractivity contribution in [2.45, 2.75) is 33.7 Å². The number of nitro benzene ring substituents is 1. The molecule has 0 bridgehead atoms. The molecule has 1 aromatic heterocycles. The predicted molar refractivity (Wildman–Crippen MR) is 97.0 cm³/mol. The van der Waals surface area contributed by atoms with Gasteiger partial charge in [0.2, 0.25) is 5.78 Å². The summed E-state index contributed by atoms with van der Waals surface area (Å²) >= 11 is 5.71. The summed E-state index contributed by atoms with van der Waals surface area (Å²) in [5.41, 5.74) is 1.81. The zero-order valence-corrected chi connectivity index (χ0v) is 15.7. The maximum Gasteiger partial charge on any atom is 0.338 e. The fourth-order valence-electron chi connectivity index (χ4n) is 2.93. The van der Waals surface area contributed by atoms with Crippen molar-refractivity contribution < 1.29 is 19.2 Å². The molecule has 8 heteroatoms. The van der Waals surface area contributed by atoms with E-state index in [-0.39, 0.29) is 22.4 Å². The van der Waals surface area contributed by atoms with Crippen LogP contribution < -0.4 is 0 Å². The van der Waals surface area contributed by atoms with Gasteiger partial charge in [0.05, 0.1) is 10.5 Å². The Labute approximate surface area is 155 Å². The van der Waals surface area contributed by atoms with Crippen LogP contribution in [0.2, 0.25) is 5.02 Å². The fraction of sp³-hybridized carbons (Fsp3) is 0.333. The summed E-state index contributed by atoms with van der Waals surface area (Å²) in [6.45, 7) is 7.33. The lowest BCUT2D eigenvalue weighted by Gasteiger charge is -2.13. The highest BCUT2D eigenvalue weighted by atomic mass is 35.5. The lowest BCUT2D eigenvalue weighted by molar-refractivity contribution is -0.384. The van der Waals surface area contributed by atoms with Crippen molar-refractivity contribution in [2.75, 3.05) is 6.61 Å². The third kappa shape index (κ3) is 3.94. The minimum absolute atomic E-state index is 0.0402.